The Morgan fingerprint density at radius 2 is 1.77 bits per heavy atom. The molecule has 2 aromatic rings. The summed E-state index contributed by atoms with van der Waals surface area (Å²) in [4.78, 5) is 6.70. The summed E-state index contributed by atoms with van der Waals surface area (Å²) in [6.07, 6.45) is 0. The standard InChI is InChI=1S/C18H16Cl2N2O2S2/c19-13-6-14(20)8-15(7-13)22-17-11-26(23,24)10-16(17)21-18(22)25-9-12-4-2-1-3-5-12/h1-8,16-17H,9-11H2/t16-,17-/m1/s1. The molecule has 0 spiro atoms. The fraction of sp³-hybridized carbons (Fsp3) is 0.278. The van der Waals surface area contributed by atoms with Gasteiger partial charge in [0, 0.05) is 21.5 Å². The maximum absolute atomic E-state index is 12.1. The highest BCUT2D eigenvalue weighted by molar-refractivity contribution is 8.13. The summed E-state index contributed by atoms with van der Waals surface area (Å²) < 4.78 is 24.2. The van der Waals surface area contributed by atoms with Crippen molar-refractivity contribution in [3.8, 4) is 0 Å². The number of amidine groups is 1. The van der Waals surface area contributed by atoms with Crippen LogP contribution in [0.5, 0.6) is 0 Å². The maximum Gasteiger partial charge on any atom is 0.164 e. The predicted octanol–water partition coefficient (Wildman–Crippen LogP) is 4.27. The molecule has 2 aliphatic rings. The van der Waals surface area contributed by atoms with Gasteiger partial charge in [-0.1, -0.05) is 65.3 Å². The minimum absolute atomic E-state index is 0.0951. The lowest BCUT2D eigenvalue weighted by Crippen LogP contribution is -2.39. The highest BCUT2D eigenvalue weighted by atomic mass is 35.5. The molecule has 4 nitrogen and oxygen atoms in total. The normalized spacial score (nSPS) is 23.8. The van der Waals surface area contributed by atoms with Gasteiger partial charge in [-0.15, -0.1) is 0 Å². The minimum Gasteiger partial charge on any atom is -0.315 e. The quantitative estimate of drug-likeness (QED) is 0.734. The van der Waals surface area contributed by atoms with Crippen molar-refractivity contribution in [2.75, 3.05) is 16.4 Å². The van der Waals surface area contributed by atoms with Crippen LogP contribution < -0.4 is 4.90 Å². The number of hydrogen-bond acceptors (Lipinski definition) is 5. The number of anilines is 1. The molecule has 2 aliphatic heterocycles. The monoisotopic (exact) mass is 426 g/mol. The van der Waals surface area contributed by atoms with E-state index in [2.05, 4.69) is 12.1 Å². The fourth-order valence-electron chi connectivity index (χ4n) is 3.34. The average molecular weight is 427 g/mol. The van der Waals surface area contributed by atoms with Crippen LogP contribution in [-0.2, 0) is 15.6 Å². The van der Waals surface area contributed by atoms with Gasteiger partial charge in [0.2, 0.25) is 0 Å². The molecule has 136 valence electrons. The molecule has 0 aromatic heterocycles. The summed E-state index contributed by atoms with van der Waals surface area (Å²) in [5.74, 6) is 0.954. The van der Waals surface area contributed by atoms with Crippen molar-refractivity contribution in [1.29, 1.82) is 0 Å². The predicted molar refractivity (Wildman–Crippen MR) is 110 cm³/mol. The van der Waals surface area contributed by atoms with E-state index in [1.165, 1.54) is 5.56 Å². The van der Waals surface area contributed by atoms with Crippen LogP contribution in [0.2, 0.25) is 10.0 Å². The number of rotatable bonds is 3. The van der Waals surface area contributed by atoms with Gasteiger partial charge >= 0.3 is 0 Å². The van der Waals surface area contributed by atoms with Crippen molar-refractivity contribution in [2.45, 2.75) is 17.8 Å². The average Bonchev–Trinajstić information content (AvgIpc) is 3.04. The maximum atomic E-state index is 12.1. The van der Waals surface area contributed by atoms with Crippen LogP contribution in [0.15, 0.2) is 53.5 Å². The zero-order chi connectivity index (χ0) is 18.3. The Bertz CT molecular complexity index is 944. The van der Waals surface area contributed by atoms with E-state index < -0.39 is 9.84 Å². The Morgan fingerprint density at radius 1 is 1.08 bits per heavy atom. The first-order valence-electron chi connectivity index (χ1n) is 8.11. The van der Waals surface area contributed by atoms with E-state index in [0.717, 1.165) is 16.6 Å². The molecule has 26 heavy (non-hydrogen) atoms. The van der Waals surface area contributed by atoms with Gasteiger partial charge in [0.05, 0.1) is 23.6 Å². The summed E-state index contributed by atoms with van der Waals surface area (Å²) in [6, 6.07) is 15.0. The van der Waals surface area contributed by atoms with Crippen LogP contribution in [0.4, 0.5) is 5.69 Å². The molecular formula is C18H16Cl2N2O2S2. The van der Waals surface area contributed by atoms with Crippen LogP contribution in [0, 0.1) is 0 Å². The SMILES string of the molecule is O=S1(=O)C[C@@H]2[C@@H](C1)N=C(SCc1ccccc1)N2c1cc(Cl)cc(Cl)c1. The molecule has 8 heteroatoms. The molecule has 0 aliphatic carbocycles. The van der Waals surface area contributed by atoms with Gasteiger partial charge in [-0.3, -0.25) is 4.99 Å². The van der Waals surface area contributed by atoms with Crippen molar-refractivity contribution in [2.24, 2.45) is 4.99 Å². The van der Waals surface area contributed by atoms with Crippen LogP contribution in [-0.4, -0.2) is 37.2 Å². The lowest BCUT2D eigenvalue weighted by Gasteiger charge is -2.27. The van der Waals surface area contributed by atoms with Crippen LogP contribution in [0.25, 0.3) is 0 Å². The number of benzene rings is 2. The molecule has 2 aromatic carbocycles. The fourth-order valence-corrected chi connectivity index (χ4v) is 6.77. The summed E-state index contributed by atoms with van der Waals surface area (Å²) >= 11 is 13.9. The minimum atomic E-state index is -3.08. The first-order chi connectivity index (χ1) is 12.4. The van der Waals surface area contributed by atoms with Crippen molar-refractivity contribution in [3.63, 3.8) is 0 Å². The molecule has 0 bridgehead atoms. The smallest absolute Gasteiger partial charge is 0.164 e. The Hall–Kier alpha value is -1.21. The Kier molecular flexibility index (Phi) is 4.94. The van der Waals surface area contributed by atoms with Gasteiger partial charge in [0.1, 0.15) is 0 Å². The highest BCUT2D eigenvalue weighted by Crippen LogP contribution is 2.37. The lowest BCUT2D eigenvalue weighted by molar-refractivity contribution is 0.601. The molecular weight excluding hydrogens is 411 g/mol. The van der Waals surface area contributed by atoms with Crippen molar-refractivity contribution in [1.82, 2.24) is 0 Å². The molecule has 0 amide bonds. The second kappa shape index (κ2) is 7.08. The third kappa shape index (κ3) is 3.74. The van der Waals surface area contributed by atoms with E-state index in [4.69, 9.17) is 28.2 Å². The molecule has 1 fully saturated rings. The number of thioether (sulfide) groups is 1. The van der Waals surface area contributed by atoms with E-state index in [1.807, 2.05) is 23.1 Å². The topological polar surface area (TPSA) is 49.7 Å². The molecule has 4 rings (SSSR count). The summed E-state index contributed by atoms with van der Waals surface area (Å²) in [7, 11) is -3.08. The summed E-state index contributed by atoms with van der Waals surface area (Å²) in [6.45, 7) is 0. The van der Waals surface area contributed by atoms with Crippen LogP contribution in [0.3, 0.4) is 0 Å². The largest absolute Gasteiger partial charge is 0.315 e. The van der Waals surface area contributed by atoms with Crippen LogP contribution >= 0.6 is 35.0 Å². The number of halogens is 2. The Labute approximate surface area is 167 Å². The molecule has 0 unspecified atom stereocenters. The molecule has 2 heterocycles. The second-order valence-electron chi connectivity index (χ2n) is 6.40. The van der Waals surface area contributed by atoms with Gasteiger partial charge in [0.15, 0.2) is 15.0 Å². The van der Waals surface area contributed by atoms with E-state index in [-0.39, 0.29) is 23.6 Å². The summed E-state index contributed by atoms with van der Waals surface area (Å²) in [5, 5.41) is 1.85. The zero-order valence-corrected chi connectivity index (χ0v) is 16.8. The number of fused-ring (bicyclic) bond motifs is 1. The highest BCUT2D eigenvalue weighted by Gasteiger charge is 2.47. The third-order valence-electron chi connectivity index (χ3n) is 4.44. The number of nitrogens with zero attached hydrogens (tertiary/aromatic N) is 2. The third-order valence-corrected chi connectivity index (χ3v) is 7.62. The van der Waals surface area contributed by atoms with Gasteiger partial charge in [-0.05, 0) is 23.8 Å². The van der Waals surface area contributed by atoms with Crippen molar-refractivity contribution < 1.29 is 8.42 Å². The van der Waals surface area contributed by atoms with Crippen molar-refractivity contribution >= 4 is 55.7 Å². The molecule has 0 radical (unpaired) electrons. The Balaban J connectivity index is 1.66. The molecule has 0 N–H and O–H groups in total. The molecule has 0 saturated carbocycles. The zero-order valence-electron chi connectivity index (χ0n) is 13.7. The van der Waals surface area contributed by atoms with Gasteiger partial charge in [-0.2, -0.15) is 0 Å². The Morgan fingerprint density at radius 3 is 2.46 bits per heavy atom. The van der Waals surface area contributed by atoms with Gasteiger partial charge in [0.25, 0.3) is 0 Å². The molecule has 1 saturated heterocycles. The van der Waals surface area contributed by atoms with E-state index >= 15 is 0 Å². The van der Waals surface area contributed by atoms with Crippen LogP contribution in [0.1, 0.15) is 5.56 Å². The number of hydrogen-bond donors (Lipinski definition) is 0. The van der Waals surface area contributed by atoms with Gasteiger partial charge in [-0.25, -0.2) is 8.42 Å². The van der Waals surface area contributed by atoms with E-state index in [1.54, 1.807) is 30.0 Å². The van der Waals surface area contributed by atoms with E-state index in [0.29, 0.717) is 10.0 Å². The number of aliphatic imine (C=N–C) groups is 1. The second-order valence-corrected chi connectivity index (χ2v) is 10.4. The first-order valence-corrected chi connectivity index (χ1v) is 11.7. The van der Waals surface area contributed by atoms with Gasteiger partial charge < -0.3 is 4.90 Å². The first kappa shape index (κ1) is 18.2. The van der Waals surface area contributed by atoms with E-state index in [9.17, 15) is 8.42 Å². The van der Waals surface area contributed by atoms with Crippen molar-refractivity contribution in [3.05, 3.63) is 64.1 Å². The number of sulfone groups is 1. The summed E-state index contributed by atoms with van der Waals surface area (Å²) in [5.41, 5.74) is 1.97. The lowest BCUT2D eigenvalue weighted by atomic mass is 10.1. The molecule has 2 atom stereocenters.